The lowest BCUT2D eigenvalue weighted by atomic mass is 10.0. The Morgan fingerprint density at radius 1 is 1.06 bits per heavy atom. The molecular weight excluding hydrogens is 204 g/mol. The molecule has 0 amide bonds. The highest BCUT2D eigenvalue weighted by Gasteiger charge is 2.22. The van der Waals surface area contributed by atoms with Crippen LogP contribution >= 0.6 is 0 Å². The van der Waals surface area contributed by atoms with Gasteiger partial charge in [-0.1, -0.05) is 43.7 Å². The fraction of sp³-hybridized carbons (Fsp3) is 0.308. The summed E-state index contributed by atoms with van der Waals surface area (Å²) in [5, 5.41) is 0. The highest BCUT2D eigenvalue weighted by atomic mass is 16.2. The summed E-state index contributed by atoms with van der Waals surface area (Å²) in [7, 11) is 0. The van der Waals surface area contributed by atoms with Gasteiger partial charge in [-0.25, -0.2) is 0 Å². The van der Waals surface area contributed by atoms with E-state index in [4.69, 9.17) is 0 Å². The molecule has 1 rings (SSSR count). The van der Waals surface area contributed by atoms with Crippen molar-refractivity contribution in [2.45, 2.75) is 26.2 Å². The van der Waals surface area contributed by atoms with Gasteiger partial charge >= 0.3 is 0 Å². The average Bonchev–Trinajstić information content (AvgIpc) is 2.35. The molecule has 1 aromatic carbocycles. The summed E-state index contributed by atoms with van der Waals surface area (Å²) in [6, 6.07) is 8.15. The van der Waals surface area contributed by atoms with Crippen LogP contribution in [0.1, 0.15) is 36.5 Å². The Balaban J connectivity index is 2.68. The van der Waals surface area contributed by atoms with Crippen LogP contribution in [-0.4, -0.2) is 17.3 Å². The number of carbonyl (C=O) groups excluding carboxylic acids is 3. The molecule has 16 heavy (non-hydrogen) atoms. The van der Waals surface area contributed by atoms with Gasteiger partial charge in [0.1, 0.15) is 0 Å². The largest absolute Gasteiger partial charge is 0.290 e. The predicted molar refractivity (Wildman–Crippen MR) is 60.3 cm³/mol. The van der Waals surface area contributed by atoms with Crippen LogP contribution in [-0.2, 0) is 9.59 Å². The van der Waals surface area contributed by atoms with E-state index in [-0.39, 0.29) is 12.0 Å². The summed E-state index contributed by atoms with van der Waals surface area (Å²) in [5.41, 5.74) is 0.275. The van der Waals surface area contributed by atoms with Gasteiger partial charge in [0.25, 0.3) is 5.78 Å². The van der Waals surface area contributed by atoms with Crippen LogP contribution in [0.5, 0.6) is 0 Å². The van der Waals surface area contributed by atoms with E-state index in [9.17, 15) is 14.4 Å². The van der Waals surface area contributed by atoms with E-state index in [1.54, 1.807) is 18.2 Å². The minimum atomic E-state index is -0.903. The first-order valence-electron chi connectivity index (χ1n) is 5.33. The van der Waals surface area contributed by atoms with Crippen molar-refractivity contribution in [3.63, 3.8) is 0 Å². The van der Waals surface area contributed by atoms with Gasteiger partial charge in [0.15, 0.2) is 0 Å². The zero-order valence-corrected chi connectivity index (χ0v) is 9.23. The first-order chi connectivity index (χ1) is 7.66. The van der Waals surface area contributed by atoms with Crippen LogP contribution in [0.2, 0.25) is 0 Å². The van der Waals surface area contributed by atoms with Crippen LogP contribution in [0.15, 0.2) is 30.3 Å². The molecule has 0 saturated heterocycles. The molecule has 3 nitrogen and oxygen atoms in total. The first kappa shape index (κ1) is 12.3. The molecule has 0 fully saturated rings. The zero-order chi connectivity index (χ0) is 12.0. The number of Topliss-reactive ketones (excluding diaryl/α,β-unsaturated/α-hetero) is 3. The van der Waals surface area contributed by atoms with Crippen molar-refractivity contribution in [3.8, 4) is 0 Å². The molecule has 0 aliphatic rings. The molecule has 0 radical (unpaired) electrons. The molecule has 3 heteroatoms. The third kappa shape index (κ3) is 3.12. The number of unbranched alkanes of at least 4 members (excludes halogenated alkanes) is 1. The second-order valence-electron chi connectivity index (χ2n) is 3.55. The molecular formula is C13H14O3. The van der Waals surface area contributed by atoms with E-state index in [0.717, 1.165) is 6.42 Å². The molecule has 0 aliphatic heterocycles. The maximum atomic E-state index is 11.6. The fourth-order valence-corrected chi connectivity index (χ4v) is 1.30. The Morgan fingerprint density at radius 2 is 1.69 bits per heavy atom. The van der Waals surface area contributed by atoms with Crippen molar-refractivity contribution in [2.24, 2.45) is 0 Å². The molecule has 0 unspecified atom stereocenters. The van der Waals surface area contributed by atoms with Crippen LogP contribution < -0.4 is 0 Å². The third-order valence-corrected chi connectivity index (χ3v) is 2.25. The molecule has 1 aromatic rings. The maximum absolute atomic E-state index is 11.6. The third-order valence-electron chi connectivity index (χ3n) is 2.25. The van der Waals surface area contributed by atoms with E-state index in [0.29, 0.717) is 6.42 Å². The van der Waals surface area contributed by atoms with Crippen molar-refractivity contribution in [1.82, 2.24) is 0 Å². The highest BCUT2D eigenvalue weighted by molar-refractivity contribution is 6.67. The monoisotopic (exact) mass is 218 g/mol. The van der Waals surface area contributed by atoms with Crippen LogP contribution in [0.25, 0.3) is 0 Å². The van der Waals surface area contributed by atoms with Gasteiger partial charge < -0.3 is 0 Å². The average molecular weight is 218 g/mol. The van der Waals surface area contributed by atoms with Crippen molar-refractivity contribution in [3.05, 3.63) is 35.9 Å². The number of hydrogen-bond acceptors (Lipinski definition) is 3. The Morgan fingerprint density at radius 3 is 2.25 bits per heavy atom. The maximum Gasteiger partial charge on any atom is 0.268 e. The summed E-state index contributed by atoms with van der Waals surface area (Å²) in [6.07, 6.45) is 1.64. The Labute approximate surface area is 94.5 Å². The van der Waals surface area contributed by atoms with Crippen LogP contribution in [0.3, 0.4) is 0 Å². The second kappa shape index (κ2) is 5.95. The molecule has 0 saturated carbocycles. The first-order valence-corrected chi connectivity index (χ1v) is 5.33. The topological polar surface area (TPSA) is 51.2 Å². The molecule has 0 aromatic heterocycles. The van der Waals surface area contributed by atoms with Gasteiger partial charge in [-0.15, -0.1) is 0 Å². The summed E-state index contributed by atoms with van der Waals surface area (Å²) in [6.45, 7) is 1.93. The standard InChI is InChI=1S/C13H14O3/c1-2-3-9-11(14)13(16)12(15)10-7-5-4-6-8-10/h4-8H,2-3,9H2,1H3. The summed E-state index contributed by atoms with van der Waals surface area (Å²) in [4.78, 5) is 34.4. The van der Waals surface area contributed by atoms with E-state index in [2.05, 4.69) is 0 Å². The minimum Gasteiger partial charge on any atom is -0.290 e. The lowest BCUT2D eigenvalue weighted by molar-refractivity contribution is -0.134. The number of hydrogen-bond donors (Lipinski definition) is 0. The summed E-state index contributed by atoms with van der Waals surface area (Å²) < 4.78 is 0. The predicted octanol–water partition coefficient (Wildman–Crippen LogP) is 2.20. The smallest absolute Gasteiger partial charge is 0.268 e. The Kier molecular flexibility index (Phi) is 4.58. The van der Waals surface area contributed by atoms with E-state index in [1.807, 2.05) is 6.92 Å². The lowest BCUT2D eigenvalue weighted by Gasteiger charge is -1.99. The SMILES string of the molecule is CCCCC(=O)C(=O)C(=O)c1ccccc1. The number of ketones is 3. The number of benzene rings is 1. The number of rotatable bonds is 6. The molecule has 0 bridgehead atoms. The van der Waals surface area contributed by atoms with E-state index >= 15 is 0 Å². The molecule has 0 N–H and O–H groups in total. The van der Waals surface area contributed by atoms with Crippen molar-refractivity contribution in [2.75, 3.05) is 0 Å². The second-order valence-corrected chi connectivity index (χ2v) is 3.55. The summed E-state index contributed by atoms with van der Waals surface area (Å²) in [5.74, 6) is -2.20. The number of carbonyl (C=O) groups is 3. The molecule has 0 heterocycles. The van der Waals surface area contributed by atoms with Crippen molar-refractivity contribution >= 4 is 17.3 Å². The van der Waals surface area contributed by atoms with Crippen LogP contribution in [0, 0.1) is 0 Å². The molecule has 0 atom stereocenters. The normalized spacial score (nSPS) is 9.81. The van der Waals surface area contributed by atoms with Crippen molar-refractivity contribution in [1.29, 1.82) is 0 Å². The van der Waals surface area contributed by atoms with Crippen molar-refractivity contribution < 1.29 is 14.4 Å². The lowest BCUT2D eigenvalue weighted by Crippen LogP contribution is -2.23. The molecule has 84 valence electrons. The fourth-order valence-electron chi connectivity index (χ4n) is 1.30. The van der Waals surface area contributed by atoms with Gasteiger partial charge in [0.2, 0.25) is 11.6 Å². The van der Waals surface area contributed by atoms with E-state index < -0.39 is 17.3 Å². The minimum absolute atomic E-state index is 0.161. The molecule has 0 spiro atoms. The van der Waals surface area contributed by atoms with Gasteiger partial charge in [-0.3, -0.25) is 14.4 Å². The summed E-state index contributed by atoms with van der Waals surface area (Å²) >= 11 is 0. The highest BCUT2D eigenvalue weighted by Crippen LogP contribution is 2.04. The Bertz CT molecular complexity index is 393. The Hall–Kier alpha value is -1.77. The van der Waals surface area contributed by atoms with Gasteiger partial charge in [0, 0.05) is 12.0 Å². The van der Waals surface area contributed by atoms with Gasteiger partial charge in [-0.05, 0) is 6.42 Å². The van der Waals surface area contributed by atoms with Crippen LogP contribution in [0.4, 0.5) is 0 Å². The zero-order valence-electron chi connectivity index (χ0n) is 9.23. The quantitative estimate of drug-likeness (QED) is 0.418. The van der Waals surface area contributed by atoms with Gasteiger partial charge in [0.05, 0.1) is 0 Å². The van der Waals surface area contributed by atoms with E-state index in [1.165, 1.54) is 12.1 Å². The molecule has 0 aliphatic carbocycles. The van der Waals surface area contributed by atoms with Gasteiger partial charge in [-0.2, -0.15) is 0 Å².